The summed E-state index contributed by atoms with van der Waals surface area (Å²) in [4.78, 5) is 5.03. The third-order valence-electron chi connectivity index (χ3n) is 4.26. The zero-order valence-electron chi connectivity index (χ0n) is 13.6. The van der Waals surface area contributed by atoms with Gasteiger partial charge in [0.15, 0.2) is 0 Å². The molecule has 0 aromatic carbocycles. The summed E-state index contributed by atoms with van der Waals surface area (Å²) in [6.45, 7) is 13.8. The van der Waals surface area contributed by atoms with Crippen LogP contribution in [0.25, 0.3) is 0 Å². The first-order valence-electron chi connectivity index (χ1n) is 7.91. The third-order valence-corrected chi connectivity index (χ3v) is 4.26. The van der Waals surface area contributed by atoms with Crippen molar-refractivity contribution in [3.63, 3.8) is 0 Å². The van der Waals surface area contributed by atoms with Crippen molar-refractivity contribution in [1.82, 2.24) is 9.55 Å². The van der Waals surface area contributed by atoms with Crippen LogP contribution in [0.4, 0.5) is 0 Å². The molecule has 1 atom stereocenters. The van der Waals surface area contributed by atoms with E-state index < -0.39 is 0 Å². The molecule has 1 aliphatic carbocycles. The van der Waals surface area contributed by atoms with E-state index in [9.17, 15) is 0 Å². The lowest BCUT2D eigenvalue weighted by Gasteiger charge is -2.24. The van der Waals surface area contributed by atoms with E-state index in [1.54, 1.807) is 0 Å². The molecule has 0 saturated carbocycles. The minimum Gasteiger partial charge on any atom is -0.329 e. The topological polar surface area (TPSA) is 17.8 Å². The van der Waals surface area contributed by atoms with Gasteiger partial charge in [-0.25, -0.2) is 4.98 Å². The lowest BCUT2D eigenvalue weighted by atomic mass is 9.93. The smallest absolute Gasteiger partial charge is 0.114 e. The first-order valence-corrected chi connectivity index (χ1v) is 7.91. The number of aromatic nitrogens is 2. The van der Waals surface area contributed by atoms with Crippen molar-refractivity contribution in [1.29, 1.82) is 0 Å². The van der Waals surface area contributed by atoms with Crippen LogP contribution < -0.4 is 0 Å². The maximum absolute atomic E-state index is 5.03. The standard InChI is InChI=1S/C17H30N2/c1-12(2)19-15-11-10-13(3)8-7-9-14(15)18-16(19)17(4,5)6/h12-13H,7-11H2,1-6H3. The normalized spacial score (nSPS) is 21.1. The first-order chi connectivity index (χ1) is 8.80. The van der Waals surface area contributed by atoms with Crippen LogP contribution in [0.3, 0.4) is 0 Å². The Hall–Kier alpha value is -0.790. The van der Waals surface area contributed by atoms with Crippen molar-refractivity contribution in [2.45, 2.75) is 85.1 Å². The second-order valence-corrected chi connectivity index (χ2v) is 7.58. The molecule has 0 aliphatic heterocycles. The van der Waals surface area contributed by atoms with Gasteiger partial charge < -0.3 is 4.57 Å². The van der Waals surface area contributed by atoms with Crippen molar-refractivity contribution in [2.75, 3.05) is 0 Å². The molecule has 1 aliphatic rings. The monoisotopic (exact) mass is 262 g/mol. The molecule has 1 aromatic heterocycles. The Kier molecular flexibility index (Phi) is 4.08. The van der Waals surface area contributed by atoms with Crippen LogP contribution in [0.1, 0.15) is 84.1 Å². The summed E-state index contributed by atoms with van der Waals surface area (Å²) in [5.41, 5.74) is 3.04. The first kappa shape index (κ1) is 14.6. The molecular formula is C17H30N2. The number of imidazole rings is 1. The fourth-order valence-corrected chi connectivity index (χ4v) is 3.21. The summed E-state index contributed by atoms with van der Waals surface area (Å²) in [7, 11) is 0. The van der Waals surface area contributed by atoms with Gasteiger partial charge in [-0.15, -0.1) is 0 Å². The average Bonchev–Trinajstić information content (AvgIpc) is 2.61. The maximum Gasteiger partial charge on any atom is 0.114 e. The second-order valence-electron chi connectivity index (χ2n) is 7.58. The Balaban J connectivity index is 2.49. The van der Waals surface area contributed by atoms with Gasteiger partial charge in [-0.3, -0.25) is 0 Å². The molecule has 1 unspecified atom stereocenters. The molecule has 1 heterocycles. The van der Waals surface area contributed by atoms with Crippen molar-refractivity contribution < 1.29 is 0 Å². The molecule has 2 nitrogen and oxygen atoms in total. The summed E-state index contributed by atoms with van der Waals surface area (Å²) in [6, 6.07) is 0.514. The second kappa shape index (κ2) is 5.30. The van der Waals surface area contributed by atoms with Crippen LogP contribution in [0.15, 0.2) is 0 Å². The van der Waals surface area contributed by atoms with Crippen molar-refractivity contribution >= 4 is 0 Å². The molecule has 2 heteroatoms. The highest BCUT2D eigenvalue weighted by molar-refractivity contribution is 5.23. The molecule has 0 amide bonds. The molecule has 19 heavy (non-hydrogen) atoms. The van der Waals surface area contributed by atoms with Crippen molar-refractivity contribution in [2.24, 2.45) is 5.92 Å². The van der Waals surface area contributed by atoms with E-state index in [1.807, 2.05) is 0 Å². The van der Waals surface area contributed by atoms with Gasteiger partial charge in [0.25, 0.3) is 0 Å². The summed E-state index contributed by atoms with van der Waals surface area (Å²) in [5, 5.41) is 0. The third kappa shape index (κ3) is 3.04. The predicted molar refractivity (Wildman–Crippen MR) is 81.7 cm³/mol. The van der Waals surface area contributed by atoms with E-state index in [0.717, 1.165) is 5.92 Å². The Labute approximate surface area is 118 Å². The van der Waals surface area contributed by atoms with Crippen LogP contribution in [0, 0.1) is 5.92 Å². The number of nitrogens with zero attached hydrogens (tertiary/aromatic N) is 2. The molecule has 0 saturated heterocycles. The largest absolute Gasteiger partial charge is 0.329 e. The molecule has 1 aromatic rings. The summed E-state index contributed by atoms with van der Waals surface area (Å²) in [6.07, 6.45) is 6.35. The predicted octanol–water partition coefficient (Wildman–Crippen LogP) is 4.67. The zero-order valence-corrected chi connectivity index (χ0v) is 13.6. The quantitative estimate of drug-likeness (QED) is 0.719. The summed E-state index contributed by atoms with van der Waals surface area (Å²) in [5.74, 6) is 2.14. The van der Waals surface area contributed by atoms with Crippen LogP contribution in [-0.2, 0) is 18.3 Å². The Bertz CT molecular complexity index is 435. The molecule has 0 fully saturated rings. The van der Waals surface area contributed by atoms with Crippen LogP contribution in [-0.4, -0.2) is 9.55 Å². The molecule has 0 bridgehead atoms. The van der Waals surface area contributed by atoms with Crippen LogP contribution in [0.5, 0.6) is 0 Å². The Morgan fingerprint density at radius 1 is 1.16 bits per heavy atom. The number of fused-ring (bicyclic) bond motifs is 1. The SMILES string of the molecule is CC1CCCc2nc(C(C)(C)C)n(C(C)C)c2CC1. The minimum absolute atomic E-state index is 0.136. The molecule has 0 spiro atoms. The van der Waals surface area contributed by atoms with E-state index in [-0.39, 0.29) is 5.41 Å². The number of hydrogen-bond donors (Lipinski definition) is 0. The van der Waals surface area contributed by atoms with Gasteiger partial charge >= 0.3 is 0 Å². The summed E-state index contributed by atoms with van der Waals surface area (Å²) < 4.78 is 2.52. The van der Waals surface area contributed by atoms with Crippen molar-refractivity contribution in [3.05, 3.63) is 17.2 Å². The molecule has 108 valence electrons. The fraction of sp³-hybridized carbons (Fsp3) is 0.824. The number of rotatable bonds is 1. The van der Waals surface area contributed by atoms with Gasteiger partial charge in [0.05, 0.1) is 5.69 Å². The maximum atomic E-state index is 5.03. The fourth-order valence-electron chi connectivity index (χ4n) is 3.21. The van der Waals surface area contributed by atoms with E-state index >= 15 is 0 Å². The zero-order chi connectivity index (χ0) is 14.2. The van der Waals surface area contributed by atoms with Gasteiger partial charge in [-0.05, 0) is 45.4 Å². The lowest BCUT2D eigenvalue weighted by molar-refractivity contribution is 0.433. The highest BCUT2D eigenvalue weighted by Gasteiger charge is 2.27. The highest BCUT2D eigenvalue weighted by Crippen LogP contribution is 2.31. The van der Waals surface area contributed by atoms with Gasteiger partial charge in [0.2, 0.25) is 0 Å². The number of hydrogen-bond acceptors (Lipinski definition) is 1. The van der Waals surface area contributed by atoms with E-state index in [4.69, 9.17) is 4.98 Å². The van der Waals surface area contributed by atoms with Crippen LogP contribution in [0.2, 0.25) is 0 Å². The Morgan fingerprint density at radius 3 is 2.42 bits per heavy atom. The van der Waals surface area contributed by atoms with E-state index in [1.165, 1.54) is 49.3 Å². The minimum atomic E-state index is 0.136. The van der Waals surface area contributed by atoms with Gasteiger partial charge in [0, 0.05) is 17.2 Å². The summed E-state index contributed by atoms with van der Waals surface area (Å²) >= 11 is 0. The Morgan fingerprint density at radius 2 is 1.84 bits per heavy atom. The van der Waals surface area contributed by atoms with Gasteiger partial charge in [0.1, 0.15) is 5.82 Å². The number of aryl methyl sites for hydroxylation is 1. The highest BCUT2D eigenvalue weighted by atomic mass is 15.1. The van der Waals surface area contributed by atoms with Crippen molar-refractivity contribution in [3.8, 4) is 0 Å². The average molecular weight is 262 g/mol. The van der Waals surface area contributed by atoms with E-state index in [0.29, 0.717) is 6.04 Å². The van der Waals surface area contributed by atoms with Crippen LogP contribution >= 0.6 is 0 Å². The lowest BCUT2D eigenvalue weighted by Crippen LogP contribution is -2.21. The molecule has 0 N–H and O–H groups in total. The molecule has 2 rings (SSSR count). The van der Waals surface area contributed by atoms with E-state index in [2.05, 4.69) is 46.1 Å². The van der Waals surface area contributed by atoms with Gasteiger partial charge in [-0.1, -0.05) is 34.1 Å². The molecule has 0 radical (unpaired) electrons. The molecular weight excluding hydrogens is 232 g/mol. The van der Waals surface area contributed by atoms with Gasteiger partial charge in [-0.2, -0.15) is 0 Å².